The van der Waals surface area contributed by atoms with Crippen LogP contribution in [0.3, 0.4) is 0 Å². The van der Waals surface area contributed by atoms with Gasteiger partial charge in [-0.3, -0.25) is 0 Å². The minimum Gasteiger partial charge on any atom is -0.384 e. The Morgan fingerprint density at radius 3 is 2.57 bits per heavy atom. The maximum Gasteiger partial charge on any atom is 0.152 e. The van der Waals surface area contributed by atoms with Gasteiger partial charge in [0.2, 0.25) is 0 Å². The van der Waals surface area contributed by atoms with E-state index in [-0.39, 0.29) is 5.57 Å². The number of nitrogens with zero attached hydrogens (tertiary/aromatic N) is 4. The highest BCUT2D eigenvalue weighted by Crippen LogP contribution is 2.23. The van der Waals surface area contributed by atoms with Crippen molar-refractivity contribution in [2.24, 2.45) is 5.92 Å². The topological polar surface area (TPSA) is 63.3 Å². The van der Waals surface area contributed by atoms with Crippen LogP contribution in [-0.4, -0.2) is 50.7 Å². The van der Waals surface area contributed by atoms with E-state index < -0.39 is 0 Å². The maximum absolute atomic E-state index is 9.22. The Kier molecular flexibility index (Phi) is 6.78. The van der Waals surface area contributed by atoms with Crippen LogP contribution in [0.1, 0.15) is 19.8 Å². The van der Waals surface area contributed by atoms with E-state index in [4.69, 9.17) is 4.74 Å². The fourth-order valence-electron chi connectivity index (χ4n) is 2.44. The molecule has 1 heterocycles. The monoisotopic (exact) mass is 288 g/mol. The number of methoxy groups -OCH3 is 1. The molecule has 1 aliphatic heterocycles. The molecule has 5 heteroatoms. The van der Waals surface area contributed by atoms with Crippen LogP contribution < -0.4 is 0 Å². The van der Waals surface area contributed by atoms with Crippen molar-refractivity contribution >= 4 is 0 Å². The molecule has 0 bridgehead atoms. The third-order valence-electron chi connectivity index (χ3n) is 3.79. The molecule has 0 spiro atoms. The molecular weight excluding hydrogens is 264 g/mol. The summed E-state index contributed by atoms with van der Waals surface area (Å²) in [6.07, 6.45) is 4.11. The molecule has 0 N–H and O–H groups in total. The minimum atomic E-state index is 0.175. The van der Waals surface area contributed by atoms with E-state index in [0.717, 1.165) is 37.3 Å². The van der Waals surface area contributed by atoms with Gasteiger partial charge in [-0.25, -0.2) is 0 Å². The fraction of sp³-hybridized carbons (Fsp3) is 0.625. The molecule has 1 fully saturated rings. The minimum absolute atomic E-state index is 0.175. The summed E-state index contributed by atoms with van der Waals surface area (Å²) in [7, 11) is 5.61. The molecular formula is C16H24N4O. The lowest BCUT2D eigenvalue weighted by atomic mass is 9.97. The van der Waals surface area contributed by atoms with Crippen LogP contribution in [0.4, 0.5) is 0 Å². The maximum atomic E-state index is 9.22. The van der Waals surface area contributed by atoms with Crippen molar-refractivity contribution in [1.82, 2.24) is 9.80 Å². The quantitative estimate of drug-likeness (QED) is 0.572. The van der Waals surface area contributed by atoms with Gasteiger partial charge in [-0.15, -0.1) is 0 Å². The molecule has 21 heavy (non-hydrogen) atoms. The third-order valence-corrected chi connectivity index (χ3v) is 3.79. The average Bonchev–Trinajstić information content (AvgIpc) is 2.47. The van der Waals surface area contributed by atoms with E-state index in [1.54, 1.807) is 7.11 Å². The van der Waals surface area contributed by atoms with Gasteiger partial charge in [0, 0.05) is 40.0 Å². The Morgan fingerprint density at radius 1 is 1.38 bits per heavy atom. The summed E-state index contributed by atoms with van der Waals surface area (Å²) in [6.45, 7) is 4.39. The molecule has 0 unspecified atom stereocenters. The first-order valence-corrected chi connectivity index (χ1v) is 7.17. The highest BCUT2D eigenvalue weighted by molar-refractivity contribution is 5.44. The summed E-state index contributed by atoms with van der Waals surface area (Å²) >= 11 is 0. The second-order valence-electron chi connectivity index (χ2n) is 5.57. The number of rotatable bonds is 5. The molecule has 0 radical (unpaired) electrons. The first kappa shape index (κ1) is 17.1. The molecule has 5 nitrogen and oxygen atoms in total. The summed E-state index contributed by atoms with van der Waals surface area (Å²) in [4.78, 5) is 4.12. The molecule has 1 saturated heterocycles. The van der Waals surface area contributed by atoms with E-state index in [1.807, 2.05) is 44.1 Å². The molecule has 0 aliphatic carbocycles. The van der Waals surface area contributed by atoms with Crippen LogP contribution in [0, 0.1) is 28.6 Å². The number of allylic oxidation sites excluding steroid dienone is 3. The van der Waals surface area contributed by atoms with Gasteiger partial charge in [-0.1, -0.05) is 0 Å². The molecule has 0 aromatic heterocycles. The SMILES string of the molecule is COC[C@H]1CCCN(C(/C=C(/C)N(C)C)=C(C#N)C#N)C1. The van der Waals surface area contributed by atoms with Gasteiger partial charge in [0.05, 0.1) is 12.3 Å². The first-order chi connectivity index (χ1) is 10.0. The van der Waals surface area contributed by atoms with Crippen molar-refractivity contribution < 1.29 is 4.74 Å². The first-order valence-electron chi connectivity index (χ1n) is 7.17. The lowest BCUT2D eigenvalue weighted by molar-refractivity contribution is 0.106. The average molecular weight is 288 g/mol. The number of hydrogen-bond acceptors (Lipinski definition) is 5. The van der Waals surface area contributed by atoms with Gasteiger partial charge in [0.15, 0.2) is 5.57 Å². The molecule has 0 aromatic rings. The highest BCUT2D eigenvalue weighted by Gasteiger charge is 2.23. The van der Waals surface area contributed by atoms with E-state index in [9.17, 15) is 10.5 Å². The number of hydrogen-bond donors (Lipinski definition) is 0. The molecule has 1 rings (SSSR count). The lowest BCUT2D eigenvalue weighted by Crippen LogP contribution is -2.36. The highest BCUT2D eigenvalue weighted by atomic mass is 16.5. The van der Waals surface area contributed by atoms with E-state index in [2.05, 4.69) is 4.90 Å². The van der Waals surface area contributed by atoms with Crippen LogP contribution in [-0.2, 0) is 4.74 Å². The van der Waals surface area contributed by atoms with Gasteiger partial charge in [-0.2, -0.15) is 10.5 Å². The van der Waals surface area contributed by atoms with Crippen LogP contribution in [0.25, 0.3) is 0 Å². The summed E-state index contributed by atoms with van der Waals surface area (Å²) in [6, 6.07) is 4.05. The van der Waals surface area contributed by atoms with Crippen LogP contribution >= 0.6 is 0 Å². The van der Waals surface area contributed by atoms with E-state index >= 15 is 0 Å². The van der Waals surface area contributed by atoms with Gasteiger partial charge in [0.1, 0.15) is 12.1 Å². The van der Waals surface area contributed by atoms with Crippen molar-refractivity contribution in [3.63, 3.8) is 0 Å². The molecule has 1 atom stereocenters. The zero-order chi connectivity index (χ0) is 15.8. The van der Waals surface area contributed by atoms with Crippen molar-refractivity contribution in [2.75, 3.05) is 40.9 Å². The van der Waals surface area contributed by atoms with Gasteiger partial charge < -0.3 is 14.5 Å². The molecule has 0 saturated carbocycles. The van der Waals surface area contributed by atoms with Crippen molar-refractivity contribution in [1.29, 1.82) is 10.5 Å². The summed E-state index contributed by atoms with van der Waals surface area (Å²) in [5, 5.41) is 18.4. The normalized spacial score (nSPS) is 18.7. The van der Waals surface area contributed by atoms with Crippen molar-refractivity contribution in [3.8, 4) is 12.1 Å². The molecule has 0 aromatic carbocycles. The summed E-state index contributed by atoms with van der Waals surface area (Å²) in [5.41, 5.74) is 1.92. The predicted octanol–water partition coefficient (Wildman–Crippen LogP) is 2.11. The third kappa shape index (κ3) is 4.81. The summed E-state index contributed by atoms with van der Waals surface area (Å²) < 4.78 is 5.25. The number of nitriles is 2. The lowest BCUT2D eigenvalue weighted by Gasteiger charge is -2.35. The summed E-state index contributed by atoms with van der Waals surface area (Å²) in [5.74, 6) is 0.449. The zero-order valence-electron chi connectivity index (χ0n) is 13.4. The van der Waals surface area contributed by atoms with Crippen LogP contribution in [0.15, 0.2) is 23.0 Å². The largest absolute Gasteiger partial charge is 0.384 e. The fourth-order valence-corrected chi connectivity index (χ4v) is 2.44. The Balaban J connectivity index is 3.09. The number of ether oxygens (including phenoxy) is 1. The van der Waals surface area contributed by atoms with Crippen LogP contribution in [0.2, 0.25) is 0 Å². The Hall–Kier alpha value is -1.98. The number of piperidine rings is 1. The molecule has 114 valence electrons. The van der Waals surface area contributed by atoms with Gasteiger partial charge in [0.25, 0.3) is 0 Å². The Labute approximate surface area is 127 Å². The van der Waals surface area contributed by atoms with Crippen molar-refractivity contribution in [3.05, 3.63) is 23.0 Å². The van der Waals surface area contributed by atoms with Crippen LogP contribution in [0.5, 0.6) is 0 Å². The van der Waals surface area contributed by atoms with Gasteiger partial charge >= 0.3 is 0 Å². The van der Waals surface area contributed by atoms with Crippen molar-refractivity contribution in [2.45, 2.75) is 19.8 Å². The second-order valence-corrected chi connectivity index (χ2v) is 5.57. The predicted molar refractivity (Wildman–Crippen MR) is 81.9 cm³/mol. The van der Waals surface area contributed by atoms with Gasteiger partial charge in [-0.05, 0) is 31.8 Å². The smallest absolute Gasteiger partial charge is 0.152 e. The zero-order valence-corrected chi connectivity index (χ0v) is 13.4. The second kappa shape index (κ2) is 8.34. The standard InChI is InChI=1S/C16H24N4O/c1-13(19(2)3)8-16(15(9-17)10-18)20-7-5-6-14(11-20)12-21-4/h8,14H,5-7,11-12H2,1-4H3/b13-8-/t14-/m0/s1. The number of likely N-dealkylation sites (tertiary alicyclic amines) is 1. The molecule has 1 aliphatic rings. The Bertz CT molecular complexity index is 475. The Morgan fingerprint density at radius 2 is 2.05 bits per heavy atom. The van der Waals surface area contributed by atoms with E-state index in [1.165, 1.54) is 0 Å². The van der Waals surface area contributed by atoms with E-state index in [0.29, 0.717) is 12.5 Å². The molecule has 0 amide bonds.